The highest BCUT2D eigenvalue weighted by Crippen LogP contribution is 2.26. The summed E-state index contributed by atoms with van der Waals surface area (Å²) in [6.07, 6.45) is 3.35. The van der Waals surface area contributed by atoms with Crippen molar-refractivity contribution in [1.29, 1.82) is 0 Å². The number of rotatable bonds is 5. The minimum Gasteiger partial charge on any atom is -0.507 e. The van der Waals surface area contributed by atoms with Gasteiger partial charge in [-0.2, -0.15) is 0 Å². The first kappa shape index (κ1) is 14.4. The second-order valence-corrected chi connectivity index (χ2v) is 5.64. The summed E-state index contributed by atoms with van der Waals surface area (Å²) in [6.45, 7) is 4.43. The van der Waals surface area contributed by atoms with Crippen LogP contribution in [0.25, 0.3) is 10.8 Å². The Balaban J connectivity index is 2.26. The number of carboxylic acid groups (broad SMARTS) is 1. The fraction of sp³-hybridized carbons (Fsp3) is 0.353. The zero-order valence-electron chi connectivity index (χ0n) is 11.9. The Bertz CT molecular complexity index is 629. The summed E-state index contributed by atoms with van der Waals surface area (Å²) in [4.78, 5) is 11.0. The molecule has 3 nitrogen and oxygen atoms in total. The van der Waals surface area contributed by atoms with Crippen molar-refractivity contribution < 1.29 is 15.0 Å². The second kappa shape index (κ2) is 5.95. The molecular formula is C17H20O3. The highest BCUT2D eigenvalue weighted by Gasteiger charge is 2.11. The molecule has 0 atom stereocenters. The van der Waals surface area contributed by atoms with E-state index in [1.54, 1.807) is 0 Å². The third kappa shape index (κ3) is 3.29. The molecule has 20 heavy (non-hydrogen) atoms. The van der Waals surface area contributed by atoms with Gasteiger partial charge in [0.1, 0.15) is 11.3 Å². The van der Waals surface area contributed by atoms with Crippen LogP contribution in [0, 0.1) is 5.92 Å². The van der Waals surface area contributed by atoms with Crippen molar-refractivity contribution in [1.82, 2.24) is 0 Å². The van der Waals surface area contributed by atoms with E-state index in [4.69, 9.17) is 5.11 Å². The molecule has 0 bridgehead atoms. The van der Waals surface area contributed by atoms with Crippen LogP contribution in [-0.4, -0.2) is 16.2 Å². The van der Waals surface area contributed by atoms with Gasteiger partial charge < -0.3 is 10.2 Å². The summed E-state index contributed by atoms with van der Waals surface area (Å²) in [6, 6.07) is 9.04. The predicted molar refractivity (Wildman–Crippen MR) is 80.3 cm³/mol. The Morgan fingerprint density at radius 1 is 1.15 bits per heavy atom. The lowest BCUT2D eigenvalue weighted by atomic mass is 9.99. The van der Waals surface area contributed by atoms with Crippen LogP contribution in [0.3, 0.4) is 0 Å². The number of phenols is 1. The summed E-state index contributed by atoms with van der Waals surface area (Å²) >= 11 is 0. The topological polar surface area (TPSA) is 57.5 Å². The molecule has 2 N–H and O–H groups in total. The molecule has 0 aliphatic carbocycles. The lowest BCUT2D eigenvalue weighted by molar-refractivity contribution is 0.0694. The number of carbonyl (C=O) groups is 1. The monoisotopic (exact) mass is 272 g/mol. The van der Waals surface area contributed by atoms with E-state index in [0.717, 1.165) is 23.6 Å². The van der Waals surface area contributed by atoms with Crippen molar-refractivity contribution in [3.8, 4) is 5.75 Å². The molecule has 0 aliphatic heterocycles. The van der Waals surface area contributed by atoms with Crippen LogP contribution in [0.2, 0.25) is 0 Å². The molecule has 106 valence electrons. The van der Waals surface area contributed by atoms with Gasteiger partial charge in [0.2, 0.25) is 0 Å². The Hall–Kier alpha value is -2.03. The van der Waals surface area contributed by atoms with Crippen molar-refractivity contribution in [2.45, 2.75) is 33.1 Å². The molecule has 3 heteroatoms. The van der Waals surface area contributed by atoms with Gasteiger partial charge in [0.15, 0.2) is 0 Å². The average molecular weight is 272 g/mol. The highest BCUT2D eigenvalue weighted by molar-refractivity contribution is 5.97. The lowest BCUT2D eigenvalue weighted by Crippen LogP contribution is -1.97. The molecule has 0 spiro atoms. The van der Waals surface area contributed by atoms with E-state index in [1.807, 2.05) is 18.2 Å². The Morgan fingerprint density at radius 3 is 2.55 bits per heavy atom. The maximum atomic E-state index is 11.0. The SMILES string of the molecule is CC(C)CCCc1ccc2cc(C(=O)O)c(O)cc2c1. The van der Waals surface area contributed by atoms with Gasteiger partial charge in [-0.25, -0.2) is 4.79 Å². The van der Waals surface area contributed by atoms with E-state index < -0.39 is 5.97 Å². The van der Waals surface area contributed by atoms with Crippen molar-refractivity contribution in [3.05, 3.63) is 41.5 Å². The fourth-order valence-corrected chi connectivity index (χ4v) is 2.38. The lowest BCUT2D eigenvalue weighted by Gasteiger charge is -2.07. The first-order valence-electron chi connectivity index (χ1n) is 6.96. The van der Waals surface area contributed by atoms with Crippen molar-refractivity contribution in [2.75, 3.05) is 0 Å². The van der Waals surface area contributed by atoms with Gasteiger partial charge in [-0.05, 0) is 47.2 Å². The number of aryl methyl sites for hydroxylation is 1. The number of carboxylic acids is 1. The van der Waals surface area contributed by atoms with Crippen LogP contribution < -0.4 is 0 Å². The van der Waals surface area contributed by atoms with Gasteiger partial charge in [-0.3, -0.25) is 0 Å². The van der Waals surface area contributed by atoms with Gasteiger partial charge in [0.25, 0.3) is 0 Å². The Morgan fingerprint density at radius 2 is 1.90 bits per heavy atom. The van der Waals surface area contributed by atoms with Crippen molar-refractivity contribution in [2.24, 2.45) is 5.92 Å². The zero-order chi connectivity index (χ0) is 14.7. The number of fused-ring (bicyclic) bond motifs is 1. The first-order chi connectivity index (χ1) is 9.47. The highest BCUT2D eigenvalue weighted by atomic mass is 16.4. The molecule has 0 aromatic heterocycles. The van der Waals surface area contributed by atoms with E-state index in [0.29, 0.717) is 5.92 Å². The van der Waals surface area contributed by atoms with E-state index in [1.165, 1.54) is 24.1 Å². The summed E-state index contributed by atoms with van der Waals surface area (Å²) < 4.78 is 0. The molecule has 2 aromatic rings. The minimum absolute atomic E-state index is 0.0509. The van der Waals surface area contributed by atoms with Crippen LogP contribution in [0.15, 0.2) is 30.3 Å². The van der Waals surface area contributed by atoms with Crippen LogP contribution >= 0.6 is 0 Å². The summed E-state index contributed by atoms with van der Waals surface area (Å²) in [5.41, 5.74) is 1.17. The van der Waals surface area contributed by atoms with Gasteiger partial charge in [0.05, 0.1) is 0 Å². The van der Waals surface area contributed by atoms with E-state index >= 15 is 0 Å². The van der Waals surface area contributed by atoms with E-state index in [2.05, 4.69) is 13.8 Å². The minimum atomic E-state index is -1.11. The third-order valence-corrected chi connectivity index (χ3v) is 3.50. The molecule has 0 amide bonds. The predicted octanol–water partition coefficient (Wildman–Crippen LogP) is 4.22. The fourth-order valence-electron chi connectivity index (χ4n) is 2.38. The van der Waals surface area contributed by atoms with Gasteiger partial charge in [-0.1, -0.05) is 38.5 Å². The van der Waals surface area contributed by atoms with Crippen LogP contribution in [0.5, 0.6) is 5.75 Å². The third-order valence-electron chi connectivity index (χ3n) is 3.50. The molecule has 0 saturated carbocycles. The molecular weight excluding hydrogens is 252 g/mol. The van der Waals surface area contributed by atoms with E-state index in [-0.39, 0.29) is 11.3 Å². The molecule has 2 aromatic carbocycles. The number of hydrogen-bond acceptors (Lipinski definition) is 2. The first-order valence-corrected chi connectivity index (χ1v) is 6.96. The second-order valence-electron chi connectivity index (χ2n) is 5.64. The van der Waals surface area contributed by atoms with Gasteiger partial charge in [0, 0.05) is 0 Å². The average Bonchev–Trinajstić information content (AvgIpc) is 2.37. The van der Waals surface area contributed by atoms with Crippen LogP contribution in [0.1, 0.15) is 42.6 Å². The number of hydrogen-bond donors (Lipinski definition) is 2. The summed E-state index contributed by atoms with van der Waals surface area (Å²) in [7, 11) is 0. The Kier molecular flexibility index (Phi) is 4.28. The molecule has 0 unspecified atom stereocenters. The van der Waals surface area contributed by atoms with Crippen molar-refractivity contribution >= 4 is 16.7 Å². The number of aromatic carboxylic acids is 1. The van der Waals surface area contributed by atoms with Gasteiger partial charge >= 0.3 is 5.97 Å². The maximum Gasteiger partial charge on any atom is 0.339 e. The standard InChI is InChI=1S/C17H20O3/c1-11(2)4-3-5-12-6-7-13-9-15(17(19)20)16(18)10-14(13)8-12/h6-11,18H,3-5H2,1-2H3,(H,19,20). The molecule has 0 aliphatic rings. The quantitative estimate of drug-likeness (QED) is 0.856. The van der Waals surface area contributed by atoms with Crippen LogP contribution in [-0.2, 0) is 6.42 Å². The number of aromatic hydroxyl groups is 1. The molecule has 0 fully saturated rings. The summed E-state index contributed by atoms with van der Waals surface area (Å²) in [5.74, 6) is -0.577. The zero-order valence-corrected chi connectivity index (χ0v) is 11.9. The molecule has 0 heterocycles. The van der Waals surface area contributed by atoms with E-state index in [9.17, 15) is 9.90 Å². The smallest absolute Gasteiger partial charge is 0.339 e. The largest absolute Gasteiger partial charge is 0.507 e. The van der Waals surface area contributed by atoms with Gasteiger partial charge in [-0.15, -0.1) is 0 Å². The Labute approximate surface area is 118 Å². The molecule has 2 rings (SSSR count). The van der Waals surface area contributed by atoms with Crippen molar-refractivity contribution in [3.63, 3.8) is 0 Å². The number of benzene rings is 2. The molecule has 0 radical (unpaired) electrons. The maximum absolute atomic E-state index is 11.0. The normalized spacial score (nSPS) is 11.2. The van der Waals surface area contributed by atoms with Crippen LogP contribution in [0.4, 0.5) is 0 Å². The summed E-state index contributed by atoms with van der Waals surface area (Å²) in [5, 5.41) is 20.5. The molecule has 0 saturated heterocycles.